The van der Waals surface area contributed by atoms with Gasteiger partial charge in [-0.2, -0.15) is 0 Å². The van der Waals surface area contributed by atoms with E-state index < -0.39 is 0 Å². The Balaban J connectivity index is 2.32. The molecule has 0 saturated carbocycles. The van der Waals surface area contributed by atoms with E-state index >= 15 is 0 Å². The van der Waals surface area contributed by atoms with Crippen molar-refractivity contribution in [2.45, 2.75) is 18.9 Å². The van der Waals surface area contributed by atoms with E-state index in [4.69, 9.17) is 9.47 Å². The van der Waals surface area contributed by atoms with E-state index in [9.17, 15) is 4.79 Å². The summed E-state index contributed by atoms with van der Waals surface area (Å²) in [5, 5.41) is 3.15. The van der Waals surface area contributed by atoms with E-state index in [0.29, 0.717) is 17.1 Å². The molecule has 2 rings (SSSR count). The lowest BCUT2D eigenvalue weighted by molar-refractivity contribution is 0.0730. The van der Waals surface area contributed by atoms with Gasteiger partial charge in [0.1, 0.15) is 17.1 Å². The number of likely N-dealkylation sites (N-methyl/N-ethyl adjacent to an activating group) is 1. The molecule has 0 bridgehead atoms. The number of nitrogens with one attached hydrogen (secondary N) is 1. The van der Waals surface area contributed by atoms with Gasteiger partial charge in [-0.05, 0) is 32.0 Å². The van der Waals surface area contributed by atoms with Crippen molar-refractivity contribution in [2.75, 3.05) is 34.4 Å². The van der Waals surface area contributed by atoms with Crippen LogP contribution < -0.4 is 14.8 Å². The van der Waals surface area contributed by atoms with Crippen molar-refractivity contribution in [1.82, 2.24) is 10.2 Å². The quantitative estimate of drug-likeness (QED) is 0.887. The van der Waals surface area contributed by atoms with Crippen LogP contribution in [0.5, 0.6) is 11.5 Å². The summed E-state index contributed by atoms with van der Waals surface area (Å²) in [5.74, 6) is 1.10. The molecular weight excluding hydrogens is 256 g/mol. The molecule has 1 unspecified atom stereocenters. The summed E-state index contributed by atoms with van der Waals surface area (Å²) in [4.78, 5) is 14.7. The van der Waals surface area contributed by atoms with Gasteiger partial charge in [0, 0.05) is 19.1 Å². The fourth-order valence-corrected chi connectivity index (χ4v) is 2.76. The van der Waals surface area contributed by atoms with Crippen LogP contribution in [0.2, 0.25) is 0 Å². The molecule has 1 aromatic rings. The van der Waals surface area contributed by atoms with Crippen molar-refractivity contribution in [3.63, 3.8) is 0 Å². The Morgan fingerprint density at radius 1 is 1.35 bits per heavy atom. The number of amides is 1. The van der Waals surface area contributed by atoms with Crippen LogP contribution in [-0.4, -0.2) is 51.2 Å². The maximum absolute atomic E-state index is 12.8. The van der Waals surface area contributed by atoms with Crippen molar-refractivity contribution in [3.05, 3.63) is 23.8 Å². The van der Waals surface area contributed by atoms with Crippen molar-refractivity contribution in [3.8, 4) is 11.5 Å². The molecule has 110 valence electrons. The first kappa shape index (κ1) is 14.7. The Hall–Kier alpha value is -1.75. The third-order valence-electron chi connectivity index (χ3n) is 3.72. The summed E-state index contributed by atoms with van der Waals surface area (Å²) in [6, 6.07) is 5.64. The minimum Gasteiger partial charge on any atom is -0.496 e. The fraction of sp³-hybridized carbons (Fsp3) is 0.533. The van der Waals surface area contributed by atoms with Gasteiger partial charge in [-0.15, -0.1) is 0 Å². The summed E-state index contributed by atoms with van der Waals surface area (Å²) >= 11 is 0. The smallest absolute Gasteiger partial charge is 0.261 e. The van der Waals surface area contributed by atoms with Crippen LogP contribution >= 0.6 is 0 Å². The van der Waals surface area contributed by atoms with Crippen molar-refractivity contribution < 1.29 is 14.3 Å². The zero-order valence-electron chi connectivity index (χ0n) is 12.3. The molecule has 1 fully saturated rings. The van der Waals surface area contributed by atoms with Crippen LogP contribution in [0.3, 0.4) is 0 Å². The van der Waals surface area contributed by atoms with Gasteiger partial charge in [0.15, 0.2) is 0 Å². The zero-order valence-corrected chi connectivity index (χ0v) is 12.3. The summed E-state index contributed by atoms with van der Waals surface area (Å²) in [6.45, 7) is 1.59. The molecule has 20 heavy (non-hydrogen) atoms. The molecule has 1 amide bonds. The van der Waals surface area contributed by atoms with Crippen LogP contribution in [0.15, 0.2) is 18.2 Å². The van der Waals surface area contributed by atoms with Gasteiger partial charge in [-0.3, -0.25) is 4.79 Å². The average molecular weight is 278 g/mol. The molecule has 5 nitrogen and oxygen atoms in total. The van der Waals surface area contributed by atoms with Crippen molar-refractivity contribution in [2.24, 2.45) is 0 Å². The molecule has 1 N–H and O–H groups in total. The fourth-order valence-electron chi connectivity index (χ4n) is 2.76. The third-order valence-corrected chi connectivity index (χ3v) is 3.72. The van der Waals surface area contributed by atoms with Gasteiger partial charge >= 0.3 is 0 Å². The number of likely N-dealkylation sites (tertiary alicyclic amines) is 1. The first-order valence-electron chi connectivity index (χ1n) is 6.89. The maximum Gasteiger partial charge on any atom is 0.261 e. The Kier molecular flexibility index (Phi) is 4.84. The number of hydrogen-bond acceptors (Lipinski definition) is 4. The lowest BCUT2D eigenvalue weighted by atomic mass is 10.1. The molecule has 1 aliphatic heterocycles. The Bertz CT molecular complexity index is 454. The highest BCUT2D eigenvalue weighted by atomic mass is 16.5. The van der Waals surface area contributed by atoms with Crippen molar-refractivity contribution >= 4 is 5.91 Å². The van der Waals surface area contributed by atoms with Crippen LogP contribution in [-0.2, 0) is 0 Å². The third kappa shape index (κ3) is 2.72. The van der Waals surface area contributed by atoms with Crippen LogP contribution in [0.1, 0.15) is 23.2 Å². The number of hydrogen-bond donors (Lipinski definition) is 1. The highest BCUT2D eigenvalue weighted by Crippen LogP contribution is 2.31. The number of ether oxygens (including phenoxy) is 2. The second kappa shape index (κ2) is 6.61. The summed E-state index contributed by atoms with van der Waals surface area (Å²) in [6.07, 6.45) is 2.07. The molecule has 1 heterocycles. The van der Waals surface area contributed by atoms with E-state index in [-0.39, 0.29) is 11.9 Å². The standard InChI is InChI=1S/C15H22N2O3/c1-16-10-11-6-5-9-17(11)15(18)14-12(19-2)7-4-8-13(14)20-3/h4,7-8,11,16H,5-6,9-10H2,1-3H3. The van der Waals surface area contributed by atoms with E-state index in [2.05, 4.69) is 5.32 Å². The molecule has 0 radical (unpaired) electrons. The number of methoxy groups -OCH3 is 2. The maximum atomic E-state index is 12.8. The number of nitrogens with zero attached hydrogens (tertiary/aromatic N) is 1. The Morgan fingerprint density at radius 2 is 2.00 bits per heavy atom. The predicted octanol–water partition coefficient (Wildman–Crippen LogP) is 1.53. The van der Waals surface area contributed by atoms with Crippen molar-refractivity contribution in [1.29, 1.82) is 0 Å². The molecule has 1 saturated heterocycles. The summed E-state index contributed by atoms with van der Waals surface area (Å²) in [7, 11) is 5.05. The largest absolute Gasteiger partial charge is 0.496 e. The first-order valence-corrected chi connectivity index (χ1v) is 6.89. The highest BCUT2D eigenvalue weighted by molar-refractivity contribution is 6.00. The number of rotatable bonds is 5. The number of carbonyl (C=O) groups excluding carboxylic acids is 1. The lowest BCUT2D eigenvalue weighted by Crippen LogP contribution is -2.41. The number of carbonyl (C=O) groups is 1. The minimum absolute atomic E-state index is 0.0166. The summed E-state index contributed by atoms with van der Waals surface area (Å²) < 4.78 is 10.6. The first-order chi connectivity index (χ1) is 9.72. The molecule has 5 heteroatoms. The lowest BCUT2D eigenvalue weighted by Gasteiger charge is -2.26. The van der Waals surface area contributed by atoms with E-state index in [1.165, 1.54) is 0 Å². The van der Waals surface area contributed by atoms with Gasteiger partial charge in [-0.25, -0.2) is 0 Å². The van der Waals surface area contributed by atoms with Gasteiger partial charge in [-0.1, -0.05) is 6.07 Å². The molecule has 1 atom stereocenters. The van der Waals surface area contributed by atoms with Crippen LogP contribution in [0, 0.1) is 0 Å². The normalized spacial score (nSPS) is 18.1. The zero-order chi connectivity index (χ0) is 14.5. The highest BCUT2D eigenvalue weighted by Gasteiger charge is 2.32. The van der Waals surface area contributed by atoms with E-state index in [0.717, 1.165) is 25.9 Å². The summed E-state index contributed by atoms with van der Waals surface area (Å²) in [5.41, 5.74) is 0.514. The second-order valence-corrected chi connectivity index (χ2v) is 4.89. The Labute approximate surface area is 119 Å². The van der Waals surface area contributed by atoms with Gasteiger partial charge in [0.05, 0.1) is 14.2 Å². The topological polar surface area (TPSA) is 50.8 Å². The molecule has 0 aliphatic carbocycles. The molecule has 1 aliphatic rings. The second-order valence-electron chi connectivity index (χ2n) is 4.89. The SMILES string of the molecule is CNCC1CCCN1C(=O)c1c(OC)cccc1OC. The van der Waals surface area contributed by atoms with Gasteiger partial charge in [0.2, 0.25) is 0 Å². The monoisotopic (exact) mass is 278 g/mol. The molecule has 1 aromatic carbocycles. The molecular formula is C15H22N2O3. The minimum atomic E-state index is -0.0166. The van der Waals surface area contributed by atoms with Crippen LogP contribution in [0.25, 0.3) is 0 Å². The van der Waals surface area contributed by atoms with E-state index in [1.807, 2.05) is 18.0 Å². The molecule has 0 aromatic heterocycles. The Morgan fingerprint density at radius 3 is 2.55 bits per heavy atom. The average Bonchev–Trinajstić information content (AvgIpc) is 2.94. The van der Waals surface area contributed by atoms with Gasteiger partial charge in [0.25, 0.3) is 5.91 Å². The van der Waals surface area contributed by atoms with Crippen LogP contribution in [0.4, 0.5) is 0 Å². The van der Waals surface area contributed by atoms with E-state index in [1.54, 1.807) is 26.4 Å². The molecule has 0 spiro atoms. The predicted molar refractivity (Wildman–Crippen MR) is 77.5 cm³/mol. The van der Waals surface area contributed by atoms with Gasteiger partial charge < -0.3 is 19.7 Å². The number of benzene rings is 1.